The van der Waals surface area contributed by atoms with E-state index >= 15 is 0 Å². The summed E-state index contributed by atoms with van der Waals surface area (Å²) in [6, 6.07) is 3.98. The van der Waals surface area contributed by atoms with Gasteiger partial charge in [-0.15, -0.1) is 22.7 Å². The van der Waals surface area contributed by atoms with Crippen molar-refractivity contribution in [3.63, 3.8) is 0 Å². The first-order valence-corrected chi connectivity index (χ1v) is 11.4. The van der Waals surface area contributed by atoms with Crippen molar-refractivity contribution in [1.29, 1.82) is 0 Å². The molecule has 1 aliphatic heterocycles. The number of rotatable bonds is 7. The van der Waals surface area contributed by atoms with Gasteiger partial charge in [0.15, 0.2) is 5.13 Å². The zero-order chi connectivity index (χ0) is 20.2. The van der Waals surface area contributed by atoms with Crippen LogP contribution >= 0.6 is 22.7 Å². The van der Waals surface area contributed by atoms with Gasteiger partial charge in [0.2, 0.25) is 17.6 Å². The molecule has 3 aromatic rings. The lowest BCUT2D eigenvalue weighted by atomic mass is 10.3. The molecule has 0 N–H and O–H groups in total. The van der Waals surface area contributed by atoms with Crippen LogP contribution in [0.5, 0.6) is 0 Å². The average molecular weight is 433 g/mol. The molecule has 0 spiro atoms. The molecule has 0 saturated carbocycles. The number of anilines is 1. The van der Waals surface area contributed by atoms with Crippen LogP contribution in [0.25, 0.3) is 10.7 Å². The van der Waals surface area contributed by atoms with Crippen molar-refractivity contribution in [3.05, 3.63) is 34.5 Å². The van der Waals surface area contributed by atoms with E-state index in [9.17, 15) is 4.79 Å². The van der Waals surface area contributed by atoms with E-state index in [1.54, 1.807) is 23.2 Å². The second kappa shape index (κ2) is 9.12. The van der Waals surface area contributed by atoms with Crippen LogP contribution in [0.2, 0.25) is 0 Å². The molecule has 8 nitrogen and oxygen atoms in total. The largest absolute Gasteiger partial charge is 0.338 e. The fraction of sp³-hybridized carbons (Fsp3) is 0.474. The zero-order valence-electron chi connectivity index (χ0n) is 16.6. The number of nitrogens with zero attached hydrogens (tertiary/aromatic N) is 6. The molecule has 4 rings (SSSR count). The van der Waals surface area contributed by atoms with Crippen LogP contribution in [0.4, 0.5) is 5.13 Å². The van der Waals surface area contributed by atoms with Crippen LogP contribution in [0.15, 0.2) is 27.4 Å². The summed E-state index contributed by atoms with van der Waals surface area (Å²) in [5.41, 5.74) is 1.02. The summed E-state index contributed by atoms with van der Waals surface area (Å²) in [6.07, 6.45) is 0. The molecule has 29 heavy (non-hydrogen) atoms. The van der Waals surface area contributed by atoms with Gasteiger partial charge in [-0.2, -0.15) is 4.98 Å². The van der Waals surface area contributed by atoms with Crippen molar-refractivity contribution in [2.45, 2.75) is 26.9 Å². The highest BCUT2D eigenvalue weighted by atomic mass is 32.1. The highest BCUT2D eigenvalue weighted by Crippen LogP contribution is 2.23. The first kappa shape index (κ1) is 20.1. The molecule has 1 fully saturated rings. The molecule has 0 atom stereocenters. The molecule has 154 valence electrons. The van der Waals surface area contributed by atoms with E-state index < -0.39 is 0 Å². The summed E-state index contributed by atoms with van der Waals surface area (Å²) in [5, 5.41) is 8.93. The number of thiophene rings is 1. The van der Waals surface area contributed by atoms with Crippen molar-refractivity contribution in [2.24, 2.45) is 0 Å². The zero-order valence-corrected chi connectivity index (χ0v) is 18.2. The minimum Gasteiger partial charge on any atom is -0.338 e. The molecular formula is C19H24N6O2S2. The maximum Gasteiger partial charge on any atom is 0.241 e. The molecule has 3 aromatic heterocycles. The fourth-order valence-electron chi connectivity index (χ4n) is 3.34. The second-order valence-electron chi connectivity index (χ2n) is 6.93. The summed E-state index contributed by atoms with van der Waals surface area (Å²) in [4.78, 5) is 28.3. The number of piperazine rings is 1. The Bertz CT molecular complexity index is 930. The van der Waals surface area contributed by atoms with Crippen LogP contribution in [-0.4, -0.2) is 63.6 Å². The Morgan fingerprint density at radius 3 is 2.59 bits per heavy atom. The van der Waals surface area contributed by atoms with Crippen LogP contribution in [0.1, 0.15) is 25.4 Å². The van der Waals surface area contributed by atoms with Gasteiger partial charge >= 0.3 is 0 Å². The Hall–Kier alpha value is -2.14. The molecule has 0 aliphatic carbocycles. The van der Waals surface area contributed by atoms with Crippen molar-refractivity contribution in [3.8, 4) is 10.7 Å². The summed E-state index contributed by atoms with van der Waals surface area (Å²) < 4.78 is 5.42. The van der Waals surface area contributed by atoms with Gasteiger partial charge in [0.05, 0.1) is 17.1 Å². The quantitative estimate of drug-likeness (QED) is 0.568. The third kappa shape index (κ3) is 4.89. The molecule has 0 aromatic carbocycles. The van der Waals surface area contributed by atoms with Gasteiger partial charge in [-0.1, -0.05) is 11.2 Å². The molecule has 0 radical (unpaired) electrons. The number of thiazole rings is 1. The summed E-state index contributed by atoms with van der Waals surface area (Å²) in [5.74, 6) is 1.36. The van der Waals surface area contributed by atoms with E-state index in [-0.39, 0.29) is 5.91 Å². The lowest BCUT2D eigenvalue weighted by molar-refractivity contribution is -0.116. The highest BCUT2D eigenvalue weighted by molar-refractivity contribution is 7.14. The number of carbonyl (C=O) groups is 1. The summed E-state index contributed by atoms with van der Waals surface area (Å²) in [6.45, 7) is 9.49. The van der Waals surface area contributed by atoms with Crippen molar-refractivity contribution < 1.29 is 9.32 Å². The van der Waals surface area contributed by atoms with Crippen LogP contribution in [-0.2, 0) is 17.9 Å². The van der Waals surface area contributed by atoms with E-state index in [1.165, 1.54) is 11.3 Å². The van der Waals surface area contributed by atoms with Gasteiger partial charge < -0.3 is 4.52 Å². The van der Waals surface area contributed by atoms with E-state index in [4.69, 9.17) is 4.52 Å². The van der Waals surface area contributed by atoms with Gasteiger partial charge in [-0.25, -0.2) is 4.98 Å². The second-order valence-corrected chi connectivity index (χ2v) is 8.71. The summed E-state index contributed by atoms with van der Waals surface area (Å²) in [7, 11) is 0. The SMILES string of the molecule is CCN(C(C)=O)c1nc(CN2CCN(Cc3nc(-c4cccs4)no3)CC2)cs1. The Balaban J connectivity index is 1.27. The van der Waals surface area contributed by atoms with Crippen LogP contribution in [0, 0.1) is 0 Å². The Morgan fingerprint density at radius 2 is 1.93 bits per heavy atom. The van der Waals surface area contributed by atoms with E-state index in [0.29, 0.717) is 24.8 Å². The normalized spacial score (nSPS) is 15.7. The van der Waals surface area contributed by atoms with Gasteiger partial charge in [-0.05, 0) is 18.4 Å². The smallest absolute Gasteiger partial charge is 0.241 e. The maximum absolute atomic E-state index is 11.7. The van der Waals surface area contributed by atoms with Crippen molar-refractivity contribution >= 4 is 33.7 Å². The predicted octanol–water partition coefficient (Wildman–Crippen LogP) is 2.95. The Morgan fingerprint density at radius 1 is 1.17 bits per heavy atom. The highest BCUT2D eigenvalue weighted by Gasteiger charge is 2.21. The number of amides is 1. The van der Waals surface area contributed by atoms with Crippen molar-refractivity contribution in [1.82, 2.24) is 24.9 Å². The molecule has 0 unspecified atom stereocenters. The number of hydrogen-bond acceptors (Lipinski definition) is 9. The number of hydrogen-bond donors (Lipinski definition) is 0. The molecule has 10 heteroatoms. The van der Waals surface area contributed by atoms with Crippen molar-refractivity contribution in [2.75, 3.05) is 37.6 Å². The predicted molar refractivity (Wildman–Crippen MR) is 114 cm³/mol. The summed E-state index contributed by atoms with van der Waals surface area (Å²) >= 11 is 3.14. The van der Waals surface area contributed by atoms with Gasteiger partial charge in [0.1, 0.15) is 0 Å². The van der Waals surface area contributed by atoms with E-state index in [2.05, 4.69) is 30.3 Å². The average Bonchev–Trinajstić information content (AvgIpc) is 3.45. The molecule has 4 heterocycles. The third-order valence-electron chi connectivity index (χ3n) is 4.89. The van der Waals surface area contributed by atoms with Crippen LogP contribution in [0.3, 0.4) is 0 Å². The van der Waals surface area contributed by atoms with Gasteiger partial charge in [0, 0.05) is 51.6 Å². The monoisotopic (exact) mass is 432 g/mol. The van der Waals surface area contributed by atoms with E-state index in [0.717, 1.165) is 48.4 Å². The number of carbonyl (C=O) groups excluding carboxylic acids is 1. The molecule has 1 aliphatic rings. The molecule has 1 saturated heterocycles. The Labute approximate surface area is 177 Å². The maximum atomic E-state index is 11.7. The fourth-order valence-corrected chi connectivity index (χ4v) is 4.91. The number of aromatic nitrogens is 3. The van der Waals surface area contributed by atoms with Crippen LogP contribution < -0.4 is 4.90 Å². The topological polar surface area (TPSA) is 78.6 Å². The first-order valence-electron chi connectivity index (χ1n) is 9.66. The lowest BCUT2D eigenvalue weighted by Crippen LogP contribution is -2.45. The first-order chi connectivity index (χ1) is 14.1. The molecule has 1 amide bonds. The van der Waals surface area contributed by atoms with Gasteiger partial charge in [-0.3, -0.25) is 19.5 Å². The molecule has 0 bridgehead atoms. The minimum atomic E-state index is 0.0327. The standard InChI is InChI=1S/C19H24N6O2S2/c1-3-25(14(2)26)19-20-15(13-29-19)11-23-6-8-24(9-7-23)12-17-21-18(22-27-17)16-5-4-10-28-16/h4-5,10,13H,3,6-9,11-12H2,1-2H3. The lowest BCUT2D eigenvalue weighted by Gasteiger charge is -2.33. The minimum absolute atomic E-state index is 0.0327. The van der Waals surface area contributed by atoms with E-state index in [1.807, 2.05) is 24.4 Å². The Kier molecular flexibility index (Phi) is 6.34. The molecular weight excluding hydrogens is 408 g/mol. The third-order valence-corrected chi connectivity index (χ3v) is 6.66. The van der Waals surface area contributed by atoms with Gasteiger partial charge in [0.25, 0.3) is 0 Å².